The van der Waals surface area contributed by atoms with Crippen LogP contribution in [0.25, 0.3) is 0 Å². The second kappa shape index (κ2) is 14.0. The minimum Gasteiger partial charge on any atom is -0.183 e. The van der Waals surface area contributed by atoms with Crippen molar-refractivity contribution in [3.05, 3.63) is 0 Å². The quantitative estimate of drug-likeness (QED) is 0.561. The van der Waals surface area contributed by atoms with Crippen molar-refractivity contribution in [2.24, 2.45) is 0 Å². The van der Waals surface area contributed by atoms with Crippen LogP contribution in [0, 0.1) is 106 Å². The van der Waals surface area contributed by atoms with Gasteiger partial charge in [0.15, 0.2) is 6.07 Å². The van der Waals surface area contributed by atoms with Crippen molar-refractivity contribution in [3.8, 4) is 101 Å². The van der Waals surface area contributed by atoms with Gasteiger partial charge in [0, 0.05) is 47.4 Å². The van der Waals surface area contributed by atoms with Crippen LogP contribution in [0.15, 0.2) is 0 Å². The van der Waals surface area contributed by atoms with Crippen LogP contribution >= 0.6 is 0 Å². The molecular formula is C18H3N. The molecule has 0 aromatic carbocycles. The maximum absolute atomic E-state index is 8.08. The Kier molecular flexibility index (Phi) is 11.0. The van der Waals surface area contributed by atoms with E-state index in [0.29, 0.717) is 0 Å². The molecule has 0 saturated carbocycles. The predicted octanol–water partition coefficient (Wildman–Crippen LogP) is 0.557. The predicted molar refractivity (Wildman–Crippen MR) is 73.5 cm³/mol. The molecule has 19 heavy (non-hydrogen) atoms. The zero-order chi connectivity index (χ0) is 14.0. The molecule has 0 N–H and O–H groups in total. The Bertz CT molecular complexity index is 863. The van der Waals surface area contributed by atoms with Gasteiger partial charge in [0.1, 0.15) is 0 Å². The van der Waals surface area contributed by atoms with E-state index in [1.54, 1.807) is 13.0 Å². The van der Waals surface area contributed by atoms with Crippen molar-refractivity contribution in [2.45, 2.75) is 6.92 Å². The van der Waals surface area contributed by atoms with Gasteiger partial charge in [0.25, 0.3) is 0 Å². The number of hydrogen-bond donors (Lipinski definition) is 0. The molecule has 0 unspecified atom stereocenters. The standard InChI is InChI=1S/C18H3N/c1-2-3-4-5-6-7-8-9-10-11-12-13-14-15-16-17-18-19/h1H3. The molecule has 0 saturated heterocycles. The minimum absolute atomic E-state index is 1.63. The summed E-state index contributed by atoms with van der Waals surface area (Å²) in [7, 11) is 0. The first-order chi connectivity index (χ1) is 9.41. The highest BCUT2D eigenvalue weighted by atomic mass is 14.2. The maximum atomic E-state index is 8.08. The Morgan fingerprint density at radius 2 is 0.684 bits per heavy atom. The zero-order valence-electron chi connectivity index (χ0n) is 9.95. The van der Waals surface area contributed by atoms with Gasteiger partial charge in [-0.05, 0) is 48.4 Å². The maximum Gasteiger partial charge on any atom is 0.153 e. The summed E-state index contributed by atoms with van der Waals surface area (Å²) in [5.41, 5.74) is 0. The van der Waals surface area contributed by atoms with Crippen molar-refractivity contribution >= 4 is 0 Å². The van der Waals surface area contributed by atoms with Gasteiger partial charge in [-0.15, -0.1) is 0 Å². The van der Waals surface area contributed by atoms with E-state index in [0.717, 1.165) is 0 Å². The summed E-state index contributed by atoms with van der Waals surface area (Å²) < 4.78 is 0. The fraction of sp³-hybridized carbons (Fsp3) is 0.0556. The summed E-state index contributed by atoms with van der Waals surface area (Å²) in [6, 6.07) is 1.63. The highest BCUT2D eigenvalue weighted by Crippen LogP contribution is 1.58. The molecule has 0 aliphatic heterocycles. The van der Waals surface area contributed by atoms with Gasteiger partial charge in [-0.25, -0.2) is 0 Å². The molecule has 0 rings (SSSR count). The monoisotopic (exact) mass is 233 g/mol. The molecular weight excluding hydrogens is 230 g/mol. The highest BCUT2D eigenvalue weighted by Gasteiger charge is 1.57. The van der Waals surface area contributed by atoms with E-state index in [4.69, 9.17) is 5.26 Å². The summed E-state index contributed by atoms with van der Waals surface area (Å²) in [4.78, 5) is 0. The fourth-order valence-electron chi connectivity index (χ4n) is 0.497. The molecule has 0 fully saturated rings. The summed E-state index contributed by atoms with van der Waals surface area (Å²) >= 11 is 0. The third kappa shape index (κ3) is 14.0. The van der Waals surface area contributed by atoms with Crippen molar-refractivity contribution in [3.63, 3.8) is 0 Å². The van der Waals surface area contributed by atoms with E-state index in [2.05, 4.69) is 94.7 Å². The number of hydrogen-bond acceptors (Lipinski definition) is 1. The Hall–Kier alpha value is -4.03. The van der Waals surface area contributed by atoms with Crippen LogP contribution in [0.3, 0.4) is 0 Å². The van der Waals surface area contributed by atoms with Crippen LogP contribution in [-0.2, 0) is 0 Å². The number of nitriles is 1. The van der Waals surface area contributed by atoms with Crippen molar-refractivity contribution in [1.82, 2.24) is 0 Å². The van der Waals surface area contributed by atoms with E-state index >= 15 is 0 Å². The lowest BCUT2D eigenvalue weighted by molar-refractivity contribution is 1.55. The molecule has 0 heterocycles. The first-order valence-electron chi connectivity index (χ1n) is 4.72. The number of nitrogens with zero attached hydrogens (tertiary/aromatic N) is 1. The largest absolute Gasteiger partial charge is 0.183 e. The van der Waals surface area contributed by atoms with Gasteiger partial charge in [-0.3, -0.25) is 0 Å². The third-order valence-electron chi connectivity index (χ3n) is 1.06. The average Bonchev–Trinajstić information content (AvgIpc) is 2.43. The van der Waals surface area contributed by atoms with E-state index in [1.807, 2.05) is 0 Å². The van der Waals surface area contributed by atoms with Crippen molar-refractivity contribution in [2.75, 3.05) is 0 Å². The summed E-state index contributed by atoms with van der Waals surface area (Å²) in [5, 5.41) is 8.08. The Balaban J connectivity index is 4.32. The van der Waals surface area contributed by atoms with Crippen LogP contribution in [-0.4, -0.2) is 0 Å². The van der Waals surface area contributed by atoms with E-state index in [-0.39, 0.29) is 0 Å². The zero-order valence-corrected chi connectivity index (χ0v) is 9.95. The van der Waals surface area contributed by atoms with Crippen LogP contribution in [0.4, 0.5) is 0 Å². The normalized spacial score (nSPS) is 3.79. The molecule has 0 amide bonds. The molecule has 1 nitrogen and oxygen atoms in total. The first-order valence-corrected chi connectivity index (χ1v) is 4.72. The van der Waals surface area contributed by atoms with Gasteiger partial charge in [0.2, 0.25) is 0 Å². The molecule has 0 aromatic heterocycles. The lowest BCUT2D eigenvalue weighted by Crippen LogP contribution is -1.56. The lowest BCUT2D eigenvalue weighted by atomic mass is 10.5. The third-order valence-corrected chi connectivity index (χ3v) is 1.06. The molecule has 0 spiro atoms. The molecule has 80 valence electrons. The summed E-state index contributed by atoms with van der Waals surface area (Å²) in [5.74, 6) is 39.1. The molecule has 0 aromatic rings. The van der Waals surface area contributed by atoms with Gasteiger partial charge < -0.3 is 0 Å². The lowest BCUT2D eigenvalue weighted by Gasteiger charge is -1.56. The molecule has 0 atom stereocenters. The van der Waals surface area contributed by atoms with E-state index in [1.165, 1.54) is 0 Å². The first kappa shape index (κ1) is 15.0. The van der Waals surface area contributed by atoms with E-state index < -0.39 is 0 Å². The molecule has 0 radical (unpaired) electrons. The van der Waals surface area contributed by atoms with Crippen LogP contribution in [0.2, 0.25) is 0 Å². The summed E-state index contributed by atoms with van der Waals surface area (Å²) in [6.45, 7) is 1.69. The van der Waals surface area contributed by atoms with E-state index in [9.17, 15) is 0 Å². The topological polar surface area (TPSA) is 23.8 Å². The molecule has 1 heteroatoms. The minimum atomic E-state index is 1.63. The summed E-state index contributed by atoms with van der Waals surface area (Å²) in [6.07, 6.45) is 0. The van der Waals surface area contributed by atoms with Gasteiger partial charge >= 0.3 is 0 Å². The Morgan fingerprint density at radius 3 is 0.947 bits per heavy atom. The molecule has 0 bridgehead atoms. The molecule has 0 aliphatic rings. The van der Waals surface area contributed by atoms with Crippen LogP contribution in [0.1, 0.15) is 6.92 Å². The highest BCUT2D eigenvalue weighted by molar-refractivity contribution is 5.46. The van der Waals surface area contributed by atoms with Crippen LogP contribution < -0.4 is 0 Å². The second-order valence-corrected chi connectivity index (χ2v) is 2.24. The van der Waals surface area contributed by atoms with Gasteiger partial charge in [-0.2, -0.15) is 5.26 Å². The Labute approximate surface area is 113 Å². The number of rotatable bonds is 0. The molecule has 0 aliphatic carbocycles. The Morgan fingerprint density at radius 1 is 0.421 bits per heavy atom. The second-order valence-electron chi connectivity index (χ2n) is 2.24. The van der Waals surface area contributed by atoms with Gasteiger partial charge in [-0.1, -0.05) is 5.92 Å². The fourth-order valence-corrected chi connectivity index (χ4v) is 0.497. The van der Waals surface area contributed by atoms with Crippen molar-refractivity contribution in [1.29, 1.82) is 5.26 Å². The average molecular weight is 233 g/mol. The van der Waals surface area contributed by atoms with Gasteiger partial charge in [0.05, 0.1) is 0 Å². The van der Waals surface area contributed by atoms with Crippen LogP contribution in [0.5, 0.6) is 0 Å². The SMILES string of the molecule is CC#CC#CC#CC#CC#CC#CC#CC#CC#N. The smallest absolute Gasteiger partial charge is 0.153 e. The van der Waals surface area contributed by atoms with Crippen molar-refractivity contribution < 1.29 is 0 Å².